The van der Waals surface area contributed by atoms with Crippen molar-refractivity contribution in [2.24, 2.45) is 11.8 Å². The third kappa shape index (κ3) is 6.22. The average Bonchev–Trinajstić information content (AvgIpc) is 3.30. The Balaban J connectivity index is 1.46. The van der Waals surface area contributed by atoms with Crippen molar-refractivity contribution >= 4 is 35.2 Å². The minimum absolute atomic E-state index is 0.0399. The number of ether oxygens (including phenoxy) is 2. The number of carbonyl (C=O) groups excluding carboxylic acids is 2. The first-order valence-corrected chi connectivity index (χ1v) is 13.1. The average molecular weight is 551 g/mol. The highest BCUT2D eigenvalue weighted by Crippen LogP contribution is 2.39. The van der Waals surface area contributed by atoms with Crippen molar-refractivity contribution in [3.63, 3.8) is 0 Å². The number of hydrogen-bond acceptors (Lipinski definition) is 4. The summed E-state index contributed by atoms with van der Waals surface area (Å²) in [6.45, 7) is 1.83. The van der Waals surface area contributed by atoms with Gasteiger partial charge in [-0.25, -0.2) is 4.79 Å². The Morgan fingerprint density at radius 1 is 1.03 bits per heavy atom. The molecular weight excluding hydrogens is 520 g/mol. The van der Waals surface area contributed by atoms with E-state index in [2.05, 4.69) is 0 Å². The molecule has 0 bridgehead atoms. The summed E-state index contributed by atoms with van der Waals surface area (Å²) in [4.78, 5) is 29.6. The van der Waals surface area contributed by atoms with Gasteiger partial charge in [0.1, 0.15) is 6.10 Å². The van der Waals surface area contributed by atoms with E-state index in [1.807, 2.05) is 6.07 Å². The van der Waals surface area contributed by atoms with Gasteiger partial charge in [-0.2, -0.15) is 13.2 Å². The molecule has 200 valence electrons. The highest BCUT2D eigenvalue weighted by molar-refractivity contribution is 6.42. The summed E-state index contributed by atoms with van der Waals surface area (Å²) in [5.41, 5.74) is 0.849. The fourth-order valence-corrected chi connectivity index (χ4v) is 5.81. The Kier molecular flexibility index (Phi) is 8.62. The van der Waals surface area contributed by atoms with Crippen molar-refractivity contribution in [1.82, 2.24) is 9.80 Å². The van der Waals surface area contributed by atoms with Crippen LogP contribution in [-0.4, -0.2) is 73.5 Å². The summed E-state index contributed by atoms with van der Waals surface area (Å²) in [7, 11) is 1.61. The molecular formula is C25H31Cl2F3N2O4. The van der Waals surface area contributed by atoms with Crippen LogP contribution in [0.15, 0.2) is 18.2 Å². The number of nitrogens with zero attached hydrogens (tertiary/aromatic N) is 2. The molecule has 1 saturated carbocycles. The number of alkyl halides is 3. The molecule has 2 amide bonds. The molecule has 2 saturated heterocycles. The fourth-order valence-electron chi connectivity index (χ4n) is 5.50. The molecule has 0 aromatic heterocycles. The molecule has 4 rings (SSSR count). The van der Waals surface area contributed by atoms with Crippen LogP contribution in [0.25, 0.3) is 0 Å². The lowest BCUT2D eigenvalue weighted by Crippen LogP contribution is -2.44. The lowest BCUT2D eigenvalue weighted by atomic mass is 9.87. The Labute approximate surface area is 219 Å². The summed E-state index contributed by atoms with van der Waals surface area (Å²) < 4.78 is 50.0. The number of benzene rings is 1. The van der Waals surface area contributed by atoms with Gasteiger partial charge in [0, 0.05) is 45.2 Å². The van der Waals surface area contributed by atoms with Gasteiger partial charge < -0.3 is 19.3 Å². The van der Waals surface area contributed by atoms with Crippen LogP contribution in [0.4, 0.5) is 18.0 Å². The van der Waals surface area contributed by atoms with Gasteiger partial charge in [0.25, 0.3) is 0 Å². The van der Waals surface area contributed by atoms with E-state index in [1.165, 1.54) is 4.90 Å². The molecule has 3 aliphatic rings. The molecule has 1 aromatic rings. The molecule has 3 fully saturated rings. The number of likely N-dealkylation sites (N-methyl/N-ethyl adjacent to an activating group) is 1. The van der Waals surface area contributed by atoms with Crippen LogP contribution < -0.4 is 0 Å². The quantitative estimate of drug-likeness (QED) is 0.468. The van der Waals surface area contributed by atoms with Crippen molar-refractivity contribution < 1.29 is 32.2 Å². The smallest absolute Gasteiger partial charge is 0.410 e. The predicted molar refractivity (Wildman–Crippen MR) is 129 cm³/mol. The second kappa shape index (κ2) is 11.4. The van der Waals surface area contributed by atoms with E-state index in [0.717, 1.165) is 5.56 Å². The van der Waals surface area contributed by atoms with Gasteiger partial charge in [0.2, 0.25) is 5.91 Å². The first-order chi connectivity index (χ1) is 17.0. The van der Waals surface area contributed by atoms with Gasteiger partial charge in [0.15, 0.2) is 0 Å². The van der Waals surface area contributed by atoms with Gasteiger partial charge in [-0.05, 0) is 56.2 Å². The molecule has 1 aliphatic carbocycles. The van der Waals surface area contributed by atoms with Gasteiger partial charge in [0.05, 0.1) is 22.0 Å². The zero-order valence-corrected chi connectivity index (χ0v) is 21.6. The first kappa shape index (κ1) is 27.3. The molecule has 1 aromatic carbocycles. The van der Waals surface area contributed by atoms with E-state index in [9.17, 15) is 22.8 Å². The predicted octanol–water partition coefficient (Wildman–Crippen LogP) is 5.90. The summed E-state index contributed by atoms with van der Waals surface area (Å²) in [6.07, 6.45) is -3.78. The number of amides is 2. The third-order valence-corrected chi connectivity index (χ3v) is 8.47. The minimum atomic E-state index is -4.22. The first-order valence-electron chi connectivity index (χ1n) is 12.4. The van der Waals surface area contributed by atoms with Gasteiger partial charge in [-0.3, -0.25) is 4.79 Å². The summed E-state index contributed by atoms with van der Waals surface area (Å²) in [5, 5.41) is 0.793. The maximum absolute atomic E-state index is 13.3. The highest BCUT2D eigenvalue weighted by Gasteiger charge is 2.44. The molecule has 6 nitrogen and oxygen atoms in total. The second-order valence-electron chi connectivity index (χ2n) is 9.99. The van der Waals surface area contributed by atoms with E-state index in [1.54, 1.807) is 24.1 Å². The maximum Gasteiger partial charge on any atom is 0.410 e. The van der Waals surface area contributed by atoms with Gasteiger partial charge >= 0.3 is 12.3 Å². The van der Waals surface area contributed by atoms with E-state index in [4.69, 9.17) is 32.7 Å². The fraction of sp³-hybridized carbons (Fsp3) is 0.680. The minimum Gasteiger partial charge on any atom is -0.446 e. The molecule has 11 heteroatoms. The van der Waals surface area contributed by atoms with E-state index in [0.29, 0.717) is 49.2 Å². The monoisotopic (exact) mass is 550 g/mol. The Hall–Kier alpha value is -1.71. The number of carbonyl (C=O) groups is 2. The van der Waals surface area contributed by atoms with E-state index < -0.39 is 24.3 Å². The Bertz CT molecular complexity index is 950. The topological polar surface area (TPSA) is 59.1 Å². The lowest BCUT2D eigenvalue weighted by Gasteiger charge is -2.33. The largest absolute Gasteiger partial charge is 0.446 e. The van der Waals surface area contributed by atoms with Crippen molar-refractivity contribution in [1.29, 1.82) is 0 Å². The van der Waals surface area contributed by atoms with Crippen molar-refractivity contribution in [3.05, 3.63) is 33.8 Å². The van der Waals surface area contributed by atoms with Crippen LogP contribution in [0.3, 0.4) is 0 Å². The van der Waals surface area contributed by atoms with Gasteiger partial charge in [-0.1, -0.05) is 29.3 Å². The zero-order chi connectivity index (χ0) is 26.0. The van der Waals surface area contributed by atoms with Crippen molar-refractivity contribution in [2.75, 3.05) is 33.4 Å². The van der Waals surface area contributed by atoms with Crippen molar-refractivity contribution in [2.45, 2.75) is 62.8 Å². The number of hydrogen-bond donors (Lipinski definition) is 0. The molecule has 0 spiro atoms. The Morgan fingerprint density at radius 2 is 1.69 bits per heavy atom. The highest BCUT2D eigenvalue weighted by atomic mass is 35.5. The molecule has 0 radical (unpaired) electrons. The van der Waals surface area contributed by atoms with Crippen LogP contribution in [-0.2, 0) is 14.3 Å². The SMILES string of the molecule is CN(C(=O)OC1CCC(C(F)(F)F)CC1)[C@@H]1CN(C(=O)C2CCOCC2)CC1c1ccc(Cl)c(Cl)c1. The number of likely N-dealkylation sites (tertiary alicyclic amines) is 1. The number of halogens is 5. The number of rotatable bonds is 4. The maximum atomic E-state index is 13.3. The molecule has 2 atom stereocenters. The van der Waals surface area contributed by atoms with Crippen LogP contribution in [0.5, 0.6) is 0 Å². The van der Waals surface area contributed by atoms with Crippen molar-refractivity contribution in [3.8, 4) is 0 Å². The van der Waals surface area contributed by atoms with Gasteiger partial charge in [-0.15, -0.1) is 0 Å². The lowest BCUT2D eigenvalue weighted by molar-refractivity contribution is -0.186. The molecule has 2 heterocycles. The Morgan fingerprint density at radius 3 is 2.31 bits per heavy atom. The molecule has 2 aliphatic heterocycles. The third-order valence-electron chi connectivity index (χ3n) is 7.73. The van der Waals surface area contributed by atoms with Crippen LogP contribution in [0, 0.1) is 11.8 Å². The summed E-state index contributed by atoms with van der Waals surface area (Å²) in [6, 6.07) is 4.90. The van der Waals surface area contributed by atoms with E-state index in [-0.39, 0.29) is 49.5 Å². The summed E-state index contributed by atoms with van der Waals surface area (Å²) in [5.74, 6) is -1.64. The molecule has 36 heavy (non-hydrogen) atoms. The second-order valence-corrected chi connectivity index (χ2v) is 10.8. The molecule has 0 N–H and O–H groups in total. The standard InChI is InChI=1S/C25H31Cl2F3N2O4/c1-31(24(34)36-18-5-3-17(4-6-18)25(28,29)30)22-14-32(23(33)15-8-10-35-11-9-15)13-19(22)16-2-7-20(26)21(27)12-16/h2,7,12,15,17-19,22H,3-6,8-11,13-14H2,1H3/t17?,18?,19?,22-/m1/s1. The zero-order valence-electron chi connectivity index (χ0n) is 20.1. The molecule has 1 unspecified atom stereocenters. The van der Waals surface area contributed by atoms with Crippen LogP contribution in [0.1, 0.15) is 50.0 Å². The normalized spacial score (nSPS) is 27.7. The summed E-state index contributed by atoms with van der Waals surface area (Å²) >= 11 is 12.4. The van der Waals surface area contributed by atoms with Crippen LogP contribution >= 0.6 is 23.2 Å². The van der Waals surface area contributed by atoms with E-state index >= 15 is 0 Å². The van der Waals surface area contributed by atoms with Crippen LogP contribution in [0.2, 0.25) is 10.0 Å².